The minimum atomic E-state index is -1.23. The van der Waals surface area contributed by atoms with Crippen LogP contribution in [0.3, 0.4) is 0 Å². The van der Waals surface area contributed by atoms with Gasteiger partial charge in [-0.1, -0.05) is 6.07 Å². The second kappa shape index (κ2) is 6.81. The first-order chi connectivity index (χ1) is 9.56. The highest BCUT2D eigenvalue weighted by Gasteiger charge is 2.16. The molecule has 20 heavy (non-hydrogen) atoms. The molecule has 1 N–H and O–H groups in total. The average molecular weight is 281 g/mol. The van der Waals surface area contributed by atoms with Crippen LogP contribution in [0.15, 0.2) is 18.2 Å². The molecule has 1 aromatic carbocycles. The summed E-state index contributed by atoms with van der Waals surface area (Å²) in [7, 11) is 1.98. The standard InChI is InChI=1S/C15H20FNO3/c1-17(9-12-3-2-6-20-10-12)8-11-4-5-13(15(18)19)14(16)7-11/h4-5,7,12H,2-3,6,8-10H2,1H3,(H,18,19). The molecule has 110 valence electrons. The van der Waals surface area contributed by atoms with E-state index in [-0.39, 0.29) is 5.56 Å². The fourth-order valence-corrected chi connectivity index (χ4v) is 2.60. The monoisotopic (exact) mass is 281 g/mol. The number of aromatic carboxylic acids is 1. The molecule has 2 rings (SSSR count). The van der Waals surface area contributed by atoms with E-state index in [2.05, 4.69) is 4.90 Å². The van der Waals surface area contributed by atoms with Crippen molar-refractivity contribution in [2.45, 2.75) is 19.4 Å². The Labute approximate surface area is 118 Å². The van der Waals surface area contributed by atoms with Gasteiger partial charge in [0.15, 0.2) is 0 Å². The highest BCUT2D eigenvalue weighted by molar-refractivity contribution is 5.87. The van der Waals surface area contributed by atoms with Crippen LogP contribution in [0, 0.1) is 11.7 Å². The Morgan fingerprint density at radius 3 is 2.95 bits per heavy atom. The predicted octanol–water partition coefficient (Wildman–Crippen LogP) is 2.38. The quantitative estimate of drug-likeness (QED) is 0.900. The Morgan fingerprint density at radius 1 is 1.55 bits per heavy atom. The van der Waals surface area contributed by atoms with Gasteiger partial charge in [-0.3, -0.25) is 0 Å². The molecular weight excluding hydrogens is 261 g/mol. The van der Waals surface area contributed by atoms with Crippen molar-refractivity contribution >= 4 is 5.97 Å². The van der Waals surface area contributed by atoms with Crippen molar-refractivity contribution in [3.63, 3.8) is 0 Å². The molecule has 1 fully saturated rings. The first kappa shape index (κ1) is 14.9. The Kier molecular flexibility index (Phi) is 5.09. The van der Waals surface area contributed by atoms with Gasteiger partial charge in [-0.05, 0) is 43.5 Å². The number of ether oxygens (including phenoxy) is 1. The van der Waals surface area contributed by atoms with Gasteiger partial charge < -0.3 is 14.7 Å². The highest BCUT2D eigenvalue weighted by atomic mass is 19.1. The molecule has 0 spiro atoms. The highest BCUT2D eigenvalue weighted by Crippen LogP contribution is 2.16. The van der Waals surface area contributed by atoms with Crippen molar-refractivity contribution in [1.29, 1.82) is 0 Å². The van der Waals surface area contributed by atoms with Crippen LogP contribution < -0.4 is 0 Å². The Bertz CT molecular complexity index is 472. The number of carbonyl (C=O) groups is 1. The molecule has 0 saturated carbocycles. The summed E-state index contributed by atoms with van der Waals surface area (Å²) in [5.41, 5.74) is 0.504. The van der Waals surface area contributed by atoms with Crippen molar-refractivity contribution in [2.75, 3.05) is 26.8 Å². The van der Waals surface area contributed by atoms with E-state index in [1.54, 1.807) is 6.07 Å². The summed E-state index contributed by atoms with van der Waals surface area (Å²) < 4.78 is 19.0. The topological polar surface area (TPSA) is 49.8 Å². The first-order valence-corrected chi connectivity index (χ1v) is 6.84. The number of carboxylic acids is 1. The van der Waals surface area contributed by atoms with Crippen molar-refractivity contribution < 1.29 is 19.0 Å². The van der Waals surface area contributed by atoms with Crippen LogP contribution in [0.4, 0.5) is 4.39 Å². The summed E-state index contributed by atoms with van der Waals surface area (Å²) in [6.07, 6.45) is 2.26. The van der Waals surface area contributed by atoms with Crippen LogP contribution in [0.2, 0.25) is 0 Å². The zero-order valence-corrected chi connectivity index (χ0v) is 11.6. The molecule has 1 aromatic rings. The van der Waals surface area contributed by atoms with E-state index in [0.717, 1.165) is 38.2 Å². The van der Waals surface area contributed by atoms with Gasteiger partial charge in [0, 0.05) is 19.7 Å². The van der Waals surface area contributed by atoms with Gasteiger partial charge in [-0.2, -0.15) is 0 Å². The molecule has 0 bridgehead atoms. The third-order valence-corrected chi connectivity index (χ3v) is 3.54. The van der Waals surface area contributed by atoms with Crippen LogP contribution >= 0.6 is 0 Å². The number of hydrogen-bond acceptors (Lipinski definition) is 3. The van der Waals surface area contributed by atoms with E-state index in [4.69, 9.17) is 9.84 Å². The molecule has 1 saturated heterocycles. The van der Waals surface area contributed by atoms with E-state index in [1.807, 2.05) is 7.05 Å². The summed E-state index contributed by atoms with van der Waals surface area (Å²) in [6, 6.07) is 4.29. The molecule has 5 heteroatoms. The third-order valence-electron chi connectivity index (χ3n) is 3.54. The van der Waals surface area contributed by atoms with E-state index in [9.17, 15) is 9.18 Å². The van der Waals surface area contributed by atoms with Crippen LogP contribution in [-0.2, 0) is 11.3 Å². The summed E-state index contributed by atoms with van der Waals surface area (Å²) in [5.74, 6) is -1.39. The maximum Gasteiger partial charge on any atom is 0.338 e. The smallest absolute Gasteiger partial charge is 0.338 e. The number of carboxylic acid groups (broad SMARTS) is 1. The van der Waals surface area contributed by atoms with Crippen LogP contribution in [-0.4, -0.2) is 42.8 Å². The minimum absolute atomic E-state index is 0.280. The van der Waals surface area contributed by atoms with Crippen LogP contribution in [0.25, 0.3) is 0 Å². The van der Waals surface area contributed by atoms with Gasteiger partial charge in [-0.15, -0.1) is 0 Å². The molecule has 4 nitrogen and oxygen atoms in total. The summed E-state index contributed by atoms with van der Waals surface area (Å²) >= 11 is 0. The number of rotatable bonds is 5. The zero-order valence-electron chi connectivity index (χ0n) is 11.6. The summed E-state index contributed by atoms with van der Waals surface area (Å²) in [6.45, 7) is 3.15. The predicted molar refractivity (Wildman–Crippen MR) is 73.2 cm³/mol. The van der Waals surface area contributed by atoms with Crippen molar-refractivity contribution in [3.8, 4) is 0 Å². The van der Waals surface area contributed by atoms with Crippen molar-refractivity contribution in [3.05, 3.63) is 35.1 Å². The lowest BCUT2D eigenvalue weighted by molar-refractivity contribution is 0.0411. The van der Waals surface area contributed by atoms with Crippen molar-refractivity contribution in [2.24, 2.45) is 5.92 Å². The Balaban J connectivity index is 1.92. The fourth-order valence-electron chi connectivity index (χ4n) is 2.60. The zero-order chi connectivity index (χ0) is 14.5. The van der Waals surface area contributed by atoms with Gasteiger partial charge in [0.2, 0.25) is 0 Å². The average Bonchev–Trinajstić information content (AvgIpc) is 2.39. The maximum absolute atomic E-state index is 13.6. The molecule has 0 aromatic heterocycles. The van der Waals surface area contributed by atoms with Gasteiger partial charge in [-0.25, -0.2) is 9.18 Å². The normalized spacial score (nSPS) is 19.2. The van der Waals surface area contributed by atoms with Gasteiger partial charge >= 0.3 is 5.97 Å². The van der Waals surface area contributed by atoms with Gasteiger partial charge in [0.25, 0.3) is 0 Å². The Hall–Kier alpha value is -1.46. The van der Waals surface area contributed by atoms with Crippen molar-refractivity contribution in [1.82, 2.24) is 4.90 Å². The number of hydrogen-bond donors (Lipinski definition) is 1. The lowest BCUT2D eigenvalue weighted by atomic mass is 10.0. The molecule has 1 aliphatic heterocycles. The third kappa shape index (κ3) is 4.02. The van der Waals surface area contributed by atoms with Gasteiger partial charge in [0.1, 0.15) is 5.82 Å². The number of halogens is 1. The van der Waals surface area contributed by atoms with Crippen LogP contribution in [0.1, 0.15) is 28.8 Å². The van der Waals surface area contributed by atoms with E-state index < -0.39 is 11.8 Å². The maximum atomic E-state index is 13.6. The lowest BCUT2D eigenvalue weighted by Gasteiger charge is -2.27. The molecule has 1 atom stereocenters. The summed E-state index contributed by atoms with van der Waals surface area (Å²) in [4.78, 5) is 12.9. The molecule has 0 radical (unpaired) electrons. The number of benzene rings is 1. The lowest BCUT2D eigenvalue weighted by Crippen LogP contribution is -2.30. The molecule has 0 amide bonds. The molecule has 0 aliphatic carbocycles. The SMILES string of the molecule is CN(Cc1ccc(C(=O)O)c(F)c1)CC1CCCOC1. The summed E-state index contributed by atoms with van der Waals surface area (Å²) in [5, 5.41) is 8.79. The second-order valence-corrected chi connectivity index (χ2v) is 5.40. The van der Waals surface area contributed by atoms with E-state index in [0.29, 0.717) is 12.5 Å². The van der Waals surface area contributed by atoms with E-state index in [1.165, 1.54) is 12.1 Å². The molecule has 1 heterocycles. The second-order valence-electron chi connectivity index (χ2n) is 5.40. The fraction of sp³-hybridized carbons (Fsp3) is 0.533. The molecular formula is C15H20FNO3. The first-order valence-electron chi connectivity index (χ1n) is 6.84. The van der Waals surface area contributed by atoms with E-state index >= 15 is 0 Å². The van der Waals surface area contributed by atoms with Crippen LogP contribution in [0.5, 0.6) is 0 Å². The number of nitrogens with zero attached hydrogens (tertiary/aromatic N) is 1. The molecule has 1 unspecified atom stereocenters. The van der Waals surface area contributed by atoms with Gasteiger partial charge in [0.05, 0.1) is 12.2 Å². The molecule has 1 aliphatic rings. The Morgan fingerprint density at radius 2 is 2.35 bits per heavy atom. The minimum Gasteiger partial charge on any atom is -0.478 e. The largest absolute Gasteiger partial charge is 0.478 e.